The number of nitrogens with zero attached hydrogens (tertiary/aromatic N) is 2. The lowest BCUT2D eigenvalue weighted by atomic mass is 9.89. The maximum absolute atomic E-state index is 4.01. The smallest absolute Gasteiger partial charge is 0.115 e. The van der Waals surface area contributed by atoms with E-state index in [2.05, 4.69) is 36.1 Å². The lowest BCUT2D eigenvalue weighted by Gasteiger charge is -2.32. The van der Waals surface area contributed by atoms with E-state index in [4.69, 9.17) is 0 Å². The molecule has 0 aromatic carbocycles. The fourth-order valence-corrected chi connectivity index (χ4v) is 1.84. The molecule has 3 heteroatoms. The summed E-state index contributed by atoms with van der Waals surface area (Å²) in [6.45, 7) is 7.57. The van der Waals surface area contributed by atoms with E-state index < -0.39 is 0 Å². The Balaban J connectivity index is 2.54. The molecule has 3 nitrogen and oxygen atoms in total. The number of rotatable bonds is 6. The minimum atomic E-state index is 0.274. The van der Waals surface area contributed by atoms with Crippen molar-refractivity contribution in [3.05, 3.63) is 24.3 Å². The minimum Gasteiger partial charge on any atom is -0.307 e. The van der Waals surface area contributed by atoms with Crippen molar-refractivity contribution in [3.63, 3.8) is 0 Å². The second-order valence-corrected chi connectivity index (χ2v) is 3.94. The van der Waals surface area contributed by atoms with Gasteiger partial charge in [-0.15, -0.1) is 0 Å². The van der Waals surface area contributed by atoms with E-state index >= 15 is 0 Å². The van der Waals surface area contributed by atoms with E-state index in [0.717, 1.165) is 31.4 Å². The van der Waals surface area contributed by atoms with Crippen molar-refractivity contribution in [2.24, 2.45) is 0 Å². The van der Waals surface area contributed by atoms with E-state index in [1.54, 1.807) is 6.33 Å². The van der Waals surface area contributed by atoms with Crippen LogP contribution in [0.4, 0.5) is 0 Å². The fraction of sp³-hybridized carbons (Fsp3) is 0.667. The van der Waals surface area contributed by atoms with E-state index in [-0.39, 0.29) is 5.54 Å². The van der Waals surface area contributed by atoms with Crippen LogP contribution in [0.15, 0.2) is 18.7 Å². The molecule has 84 valence electrons. The molecule has 0 amide bonds. The number of nitrogens with one attached hydrogen (secondary N) is 1. The predicted octanol–water partition coefficient (Wildman–Crippen LogP) is 2.54. The second-order valence-electron chi connectivity index (χ2n) is 3.94. The summed E-state index contributed by atoms with van der Waals surface area (Å²) in [5, 5.41) is 3.62. The van der Waals surface area contributed by atoms with Gasteiger partial charge >= 0.3 is 0 Å². The van der Waals surface area contributed by atoms with Gasteiger partial charge in [0, 0.05) is 30.0 Å². The van der Waals surface area contributed by atoms with Crippen molar-refractivity contribution in [3.8, 4) is 0 Å². The van der Waals surface area contributed by atoms with Crippen LogP contribution in [-0.4, -0.2) is 15.5 Å². The molecule has 0 atom stereocenters. The first kappa shape index (κ1) is 12.1. The van der Waals surface area contributed by atoms with Crippen molar-refractivity contribution >= 4 is 0 Å². The SMILES string of the molecule is CCC(CC)(CC)NCc1cncnc1. The van der Waals surface area contributed by atoms with Crippen LogP contribution < -0.4 is 5.32 Å². The standard InChI is InChI=1S/C12H21N3/c1-4-12(5-2,6-3)15-9-11-7-13-10-14-8-11/h7-8,10,15H,4-6,9H2,1-3H3. The van der Waals surface area contributed by atoms with Gasteiger partial charge in [-0.1, -0.05) is 20.8 Å². The summed E-state index contributed by atoms with van der Waals surface area (Å²) in [6.07, 6.45) is 8.78. The number of hydrogen-bond donors (Lipinski definition) is 1. The summed E-state index contributed by atoms with van der Waals surface area (Å²) in [7, 11) is 0. The van der Waals surface area contributed by atoms with Crippen molar-refractivity contribution in [2.45, 2.75) is 52.1 Å². The first-order valence-corrected chi connectivity index (χ1v) is 5.75. The quantitative estimate of drug-likeness (QED) is 0.779. The Morgan fingerprint density at radius 2 is 1.60 bits per heavy atom. The molecule has 0 aliphatic rings. The van der Waals surface area contributed by atoms with Crippen LogP contribution in [0.3, 0.4) is 0 Å². The Morgan fingerprint density at radius 3 is 2.07 bits per heavy atom. The van der Waals surface area contributed by atoms with Crippen LogP contribution in [-0.2, 0) is 6.54 Å². The summed E-state index contributed by atoms with van der Waals surface area (Å²) in [5.41, 5.74) is 1.42. The third kappa shape index (κ3) is 3.27. The summed E-state index contributed by atoms with van der Waals surface area (Å²) >= 11 is 0. The number of hydrogen-bond acceptors (Lipinski definition) is 3. The zero-order valence-corrected chi connectivity index (χ0v) is 9.95. The van der Waals surface area contributed by atoms with Gasteiger partial charge in [0.2, 0.25) is 0 Å². The van der Waals surface area contributed by atoms with E-state index in [1.165, 1.54) is 0 Å². The highest BCUT2D eigenvalue weighted by molar-refractivity contribution is 5.03. The van der Waals surface area contributed by atoms with Gasteiger partial charge in [-0.2, -0.15) is 0 Å². The Hall–Kier alpha value is -0.960. The van der Waals surface area contributed by atoms with Crippen LogP contribution in [0, 0.1) is 0 Å². The third-order valence-electron chi connectivity index (χ3n) is 3.31. The normalized spacial score (nSPS) is 11.7. The maximum Gasteiger partial charge on any atom is 0.115 e. The average molecular weight is 207 g/mol. The highest BCUT2D eigenvalue weighted by Crippen LogP contribution is 2.19. The molecule has 1 rings (SSSR count). The van der Waals surface area contributed by atoms with Gasteiger partial charge in [0.1, 0.15) is 6.33 Å². The second kappa shape index (κ2) is 5.81. The number of aromatic nitrogens is 2. The van der Waals surface area contributed by atoms with Crippen LogP contribution in [0.1, 0.15) is 45.6 Å². The largest absolute Gasteiger partial charge is 0.307 e. The first-order valence-electron chi connectivity index (χ1n) is 5.75. The van der Waals surface area contributed by atoms with Crippen molar-refractivity contribution < 1.29 is 0 Å². The zero-order chi connectivity index (χ0) is 11.1. The van der Waals surface area contributed by atoms with Crippen LogP contribution in [0.2, 0.25) is 0 Å². The molecule has 0 spiro atoms. The molecular formula is C12H21N3. The average Bonchev–Trinajstić information content (AvgIpc) is 2.33. The zero-order valence-electron chi connectivity index (χ0n) is 9.95. The molecule has 0 aliphatic heterocycles. The summed E-state index contributed by atoms with van der Waals surface area (Å²) in [5.74, 6) is 0. The highest BCUT2D eigenvalue weighted by atomic mass is 15.0. The Kier molecular flexibility index (Phi) is 4.69. The van der Waals surface area contributed by atoms with Crippen molar-refractivity contribution in [1.82, 2.24) is 15.3 Å². The summed E-state index contributed by atoms with van der Waals surface area (Å²) in [4.78, 5) is 8.02. The van der Waals surface area contributed by atoms with Gasteiger partial charge < -0.3 is 5.32 Å². The van der Waals surface area contributed by atoms with Crippen molar-refractivity contribution in [2.75, 3.05) is 0 Å². The molecular weight excluding hydrogens is 186 g/mol. The predicted molar refractivity (Wildman–Crippen MR) is 62.5 cm³/mol. The fourth-order valence-electron chi connectivity index (χ4n) is 1.84. The Bertz CT molecular complexity index is 259. The molecule has 1 N–H and O–H groups in total. The molecule has 1 aromatic rings. The molecule has 0 saturated carbocycles. The Labute approximate surface area is 92.3 Å². The van der Waals surface area contributed by atoms with E-state index in [0.29, 0.717) is 0 Å². The van der Waals surface area contributed by atoms with Gasteiger partial charge in [0.05, 0.1) is 0 Å². The van der Waals surface area contributed by atoms with Gasteiger partial charge in [0.15, 0.2) is 0 Å². The minimum absolute atomic E-state index is 0.274. The molecule has 1 heterocycles. The summed E-state index contributed by atoms with van der Waals surface area (Å²) in [6, 6.07) is 0. The molecule has 1 aromatic heterocycles. The third-order valence-corrected chi connectivity index (χ3v) is 3.31. The first-order chi connectivity index (χ1) is 7.26. The van der Waals surface area contributed by atoms with E-state index in [1.807, 2.05) is 12.4 Å². The molecule has 0 bridgehead atoms. The van der Waals surface area contributed by atoms with Gasteiger partial charge in [-0.05, 0) is 19.3 Å². The van der Waals surface area contributed by atoms with Gasteiger partial charge in [-0.3, -0.25) is 0 Å². The lowest BCUT2D eigenvalue weighted by molar-refractivity contribution is 0.288. The lowest BCUT2D eigenvalue weighted by Crippen LogP contribution is -2.43. The topological polar surface area (TPSA) is 37.8 Å². The monoisotopic (exact) mass is 207 g/mol. The molecule has 0 saturated heterocycles. The molecule has 0 radical (unpaired) electrons. The van der Waals surface area contributed by atoms with Crippen molar-refractivity contribution in [1.29, 1.82) is 0 Å². The van der Waals surface area contributed by atoms with Crippen LogP contribution in [0.5, 0.6) is 0 Å². The van der Waals surface area contributed by atoms with Crippen LogP contribution in [0.25, 0.3) is 0 Å². The summed E-state index contributed by atoms with van der Waals surface area (Å²) < 4.78 is 0. The molecule has 0 unspecified atom stereocenters. The highest BCUT2D eigenvalue weighted by Gasteiger charge is 2.22. The molecule has 0 aliphatic carbocycles. The van der Waals surface area contributed by atoms with Gasteiger partial charge in [0.25, 0.3) is 0 Å². The van der Waals surface area contributed by atoms with Crippen LogP contribution >= 0.6 is 0 Å². The molecule has 15 heavy (non-hydrogen) atoms. The maximum atomic E-state index is 4.01. The Morgan fingerprint density at radius 1 is 1.07 bits per heavy atom. The molecule has 0 fully saturated rings. The van der Waals surface area contributed by atoms with Gasteiger partial charge in [-0.25, -0.2) is 9.97 Å². The van der Waals surface area contributed by atoms with E-state index in [9.17, 15) is 0 Å².